The molecular weight excluding hydrogens is 1130 g/mol. The van der Waals surface area contributed by atoms with E-state index in [1.165, 1.54) is 45.7 Å². The summed E-state index contributed by atoms with van der Waals surface area (Å²) in [5, 5.41) is 16.7. The predicted octanol–water partition coefficient (Wildman–Crippen LogP) is 9.24. The van der Waals surface area contributed by atoms with E-state index in [1.807, 2.05) is 30.3 Å². The Hall–Kier alpha value is -2.60. The van der Waals surface area contributed by atoms with Gasteiger partial charge < -0.3 is 30.0 Å². The number of ether oxygens (including phenoxy) is 3. The molecule has 4 saturated carbocycles. The van der Waals surface area contributed by atoms with Crippen LogP contribution in [0.2, 0.25) is 0 Å². The Morgan fingerprint density at radius 2 is 1.12 bits per heavy atom. The molecule has 4 aliphatic carbocycles. The summed E-state index contributed by atoms with van der Waals surface area (Å²) in [5.41, 5.74) is 1.66. The molecule has 9 rings (SSSR count). The number of phenolic OH excluding ortho intramolecular Hbond substituents is 1. The van der Waals surface area contributed by atoms with Crippen LogP contribution in [0.25, 0.3) is 0 Å². The molecule has 2 unspecified atom stereocenters. The molecule has 4 bridgehead atoms. The lowest BCUT2D eigenvalue weighted by molar-refractivity contribution is 0.0727. The molecule has 18 heteroatoms. The van der Waals surface area contributed by atoms with Crippen LogP contribution < -0.4 is 15.4 Å². The molecule has 0 spiro atoms. The molecule has 0 radical (unpaired) electrons. The summed E-state index contributed by atoms with van der Waals surface area (Å²) in [6.45, 7) is 15.9. The fourth-order valence-corrected chi connectivity index (χ4v) is 15.3. The highest BCUT2D eigenvalue weighted by Crippen LogP contribution is 2.63. The number of amides is 2. The third-order valence-electron chi connectivity index (χ3n) is 15.9. The monoisotopic (exact) mass is 1210 g/mol. The summed E-state index contributed by atoms with van der Waals surface area (Å²) >= 11 is 4.24. The molecule has 2 aliphatic heterocycles. The van der Waals surface area contributed by atoms with Crippen molar-refractivity contribution in [3.8, 4) is 11.5 Å². The van der Waals surface area contributed by atoms with Gasteiger partial charge in [-0.1, -0.05) is 79.3 Å². The van der Waals surface area contributed by atoms with E-state index in [1.54, 1.807) is 12.1 Å². The molecule has 6 atom stereocenters. The lowest BCUT2D eigenvalue weighted by Crippen LogP contribution is -2.52. The number of aromatic hydroxyl groups is 1. The average Bonchev–Trinajstić information content (AvgIpc) is 4.03. The zero-order chi connectivity index (χ0) is 48.6. The number of rotatable bonds is 11. The second-order valence-electron chi connectivity index (χ2n) is 20.8. The van der Waals surface area contributed by atoms with Gasteiger partial charge in [0, 0.05) is 88.0 Å². The number of sulfonamides is 2. The quantitative estimate of drug-likeness (QED) is 0.157. The van der Waals surface area contributed by atoms with E-state index in [2.05, 4.69) is 89.4 Å². The number of carbonyl (C=O) groups excluding carboxylic acids is 2. The summed E-state index contributed by atoms with van der Waals surface area (Å²) < 4.78 is 72.5. The number of hydrogen-bond donors (Lipinski definition) is 3. The molecule has 14 nitrogen and oxygen atoms in total. The van der Waals surface area contributed by atoms with Gasteiger partial charge in [-0.25, -0.2) is 16.8 Å². The number of benzene rings is 3. The van der Waals surface area contributed by atoms with Crippen LogP contribution in [0, 0.1) is 33.5 Å². The van der Waals surface area contributed by atoms with Crippen LogP contribution in [0.5, 0.6) is 11.5 Å². The average molecular weight is 1210 g/mol. The molecule has 3 N–H and O–H groups in total. The first-order chi connectivity index (χ1) is 31.7. The summed E-state index contributed by atoms with van der Waals surface area (Å²) in [6, 6.07) is 18.5. The van der Waals surface area contributed by atoms with Gasteiger partial charge in [-0.05, 0) is 114 Å². The summed E-state index contributed by atoms with van der Waals surface area (Å²) in [7, 11) is -7.77. The maximum atomic E-state index is 13.7. The Morgan fingerprint density at radius 3 is 1.56 bits per heavy atom. The molecule has 3 aromatic carbocycles. The van der Waals surface area contributed by atoms with Crippen molar-refractivity contribution in [2.45, 2.75) is 116 Å². The van der Waals surface area contributed by atoms with Gasteiger partial charge >= 0.3 is 0 Å². The molecule has 0 aromatic heterocycles. The van der Waals surface area contributed by atoms with Crippen molar-refractivity contribution in [1.82, 2.24) is 19.2 Å². The molecule has 2 saturated heterocycles. The maximum absolute atomic E-state index is 13.7. The first-order valence-corrected chi connectivity index (χ1v) is 32.4. The van der Waals surface area contributed by atoms with E-state index in [9.17, 15) is 31.5 Å². The van der Waals surface area contributed by atoms with Crippen molar-refractivity contribution < 1.29 is 47.2 Å². The number of halogens is 2. The highest BCUT2D eigenvalue weighted by molar-refractivity contribution is 15.0. The number of fused-ring (bicyclic) bond motifs is 4. The SMILES string of the molecule is C.CC1(C)C(NC(=O)c2ccc(O)c(S(=O)(=O)N3CCOCC3)c2)[C@@]2(C)CC[C@@H]1C2.CC1(C)C(NC(=O)c2ccc(OCc3ccccc3)c(S(=O)(=O)N3CCOCC3)c2)[C@@]2(C)CC[C@@H]1C2.II.[HH]. The lowest BCUT2D eigenvalue weighted by atomic mass is 9.68. The number of carbonyl (C=O) groups is 2. The second-order valence-corrected chi connectivity index (χ2v) is 24.6. The maximum Gasteiger partial charge on any atom is 0.251 e. The standard InChI is InChI=1S/C28H36N2O5S.C21H30N2O5S.CH4.I2.H2/c1-27(2)22-11-12-28(3,18-22)26(27)29-25(31)21-9-10-23(35-19-20-7-5-4-6-8-20)24(17-21)36(32,33)30-13-15-34-16-14-30;1-20(2)15-6-7-21(3,13-15)19(20)22-18(25)14-4-5-16(24)17(12-14)29(26,27)23-8-10-28-11-9-23;;1-2;/h4-10,17,22,26H,11-16,18-19H2,1-3H3,(H,29,31);4-5,12,15,19,24H,6-11,13H2,1-3H3,(H,22,25);1H4;;1H/t22-,26?,28+;15-,19?,21+;;;/m11.../s1. The largest absolute Gasteiger partial charge is 0.507 e. The molecule has 378 valence electrons. The first-order valence-electron chi connectivity index (χ1n) is 23.2. The first kappa shape index (κ1) is 54.7. The van der Waals surface area contributed by atoms with E-state index in [0.29, 0.717) is 43.8 Å². The Kier molecular flexibility index (Phi) is 17.4. The number of hydrogen-bond acceptors (Lipinski definition) is 10. The summed E-state index contributed by atoms with van der Waals surface area (Å²) in [4.78, 5) is 26.3. The van der Waals surface area contributed by atoms with Crippen molar-refractivity contribution in [1.29, 1.82) is 0 Å². The molecule has 2 heterocycles. The van der Waals surface area contributed by atoms with Crippen LogP contribution in [0.3, 0.4) is 0 Å². The Balaban J connectivity index is 0.000000247. The number of nitrogens with zero attached hydrogens (tertiary/aromatic N) is 2. The van der Waals surface area contributed by atoms with Crippen LogP contribution in [0.1, 0.15) is 115 Å². The molecular formula is C50H72I2N4O10S2. The van der Waals surface area contributed by atoms with Crippen LogP contribution in [-0.2, 0) is 36.1 Å². The summed E-state index contributed by atoms with van der Waals surface area (Å²) in [5.74, 6) is 0.549. The zero-order valence-corrected chi connectivity index (χ0v) is 45.3. The van der Waals surface area contributed by atoms with E-state index >= 15 is 0 Å². The number of nitrogens with one attached hydrogen (secondary N) is 2. The normalized spacial score (nSPS) is 28.2. The molecule has 6 fully saturated rings. The molecule has 6 aliphatic rings. The van der Waals surface area contributed by atoms with Gasteiger partial charge in [-0.3, -0.25) is 9.59 Å². The van der Waals surface area contributed by atoms with Crippen LogP contribution in [0.4, 0.5) is 0 Å². The Bertz CT molecular complexity index is 2500. The highest BCUT2D eigenvalue weighted by Gasteiger charge is 2.61. The van der Waals surface area contributed by atoms with Gasteiger partial charge in [-0.15, -0.1) is 0 Å². The fraction of sp³-hybridized carbons (Fsp3) is 0.600. The minimum Gasteiger partial charge on any atom is -0.507 e. The minimum atomic E-state index is -3.90. The van der Waals surface area contributed by atoms with E-state index < -0.39 is 20.0 Å². The van der Waals surface area contributed by atoms with Gasteiger partial charge in [0.05, 0.1) is 26.4 Å². The van der Waals surface area contributed by atoms with Crippen molar-refractivity contribution in [3.05, 3.63) is 83.4 Å². The van der Waals surface area contributed by atoms with E-state index in [0.717, 1.165) is 31.2 Å². The van der Waals surface area contributed by atoms with Crippen molar-refractivity contribution >= 4 is 69.1 Å². The summed E-state index contributed by atoms with van der Waals surface area (Å²) in [6.07, 6.45) is 6.82. The highest BCUT2D eigenvalue weighted by atomic mass is 128. The Morgan fingerprint density at radius 1 is 0.691 bits per heavy atom. The fourth-order valence-electron chi connectivity index (χ4n) is 12.2. The zero-order valence-electron chi connectivity index (χ0n) is 39.4. The topological polar surface area (TPSA) is 181 Å². The number of morpholine rings is 2. The molecule has 2 amide bonds. The van der Waals surface area contributed by atoms with Gasteiger partial charge in [0.2, 0.25) is 20.0 Å². The Labute approximate surface area is 429 Å². The van der Waals surface area contributed by atoms with Crippen molar-refractivity contribution in [3.63, 3.8) is 0 Å². The van der Waals surface area contributed by atoms with E-state index in [4.69, 9.17) is 14.2 Å². The lowest BCUT2D eigenvalue weighted by Gasteiger charge is -2.43. The smallest absolute Gasteiger partial charge is 0.251 e. The minimum absolute atomic E-state index is 0. The van der Waals surface area contributed by atoms with Crippen molar-refractivity contribution in [2.75, 3.05) is 52.6 Å². The van der Waals surface area contributed by atoms with Gasteiger partial charge in [-0.2, -0.15) is 8.61 Å². The van der Waals surface area contributed by atoms with Gasteiger partial charge in [0.25, 0.3) is 11.8 Å². The van der Waals surface area contributed by atoms with Crippen LogP contribution in [-0.4, -0.2) is 107 Å². The predicted molar refractivity (Wildman–Crippen MR) is 282 cm³/mol. The molecule has 68 heavy (non-hydrogen) atoms. The van der Waals surface area contributed by atoms with Crippen LogP contribution >= 0.6 is 37.2 Å². The second kappa shape index (κ2) is 21.6. The van der Waals surface area contributed by atoms with Crippen LogP contribution in [0.15, 0.2) is 76.5 Å². The van der Waals surface area contributed by atoms with Gasteiger partial charge in [0.1, 0.15) is 27.9 Å². The number of phenols is 1. The third kappa shape index (κ3) is 10.9. The third-order valence-corrected chi connectivity index (χ3v) is 19.8. The molecule has 3 aromatic rings. The van der Waals surface area contributed by atoms with Gasteiger partial charge in [0.15, 0.2) is 0 Å². The van der Waals surface area contributed by atoms with Crippen molar-refractivity contribution in [2.24, 2.45) is 33.5 Å². The van der Waals surface area contributed by atoms with E-state index in [-0.39, 0.29) is 114 Å².